The summed E-state index contributed by atoms with van der Waals surface area (Å²) in [5.41, 5.74) is 2.20. The maximum atomic E-state index is 11.4. The maximum Gasteiger partial charge on any atom is 0.311 e. The molecule has 0 aliphatic rings. The second-order valence-corrected chi connectivity index (χ2v) is 5.24. The van der Waals surface area contributed by atoms with Gasteiger partial charge in [0.1, 0.15) is 0 Å². The van der Waals surface area contributed by atoms with Gasteiger partial charge in [0.15, 0.2) is 10.9 Å². The Morgan fingerprint density at radius 3 is 2.62 bits per heavy atom. The van der Waals surface area contributed by atoms with Crippen LogP contribution in [0.3, 0.4) is 0 Å². The smallest absolute Gasteiger partial charge is 0.311 e. The monoisotopic (exact) mass is 304 g/mol. The molecule has 0 atom stereocenters. The molecule has 1 aromatic carbocycles. The third kappa shape index (κ3) is 4.39. The molecule has 0 spiro atoms. The predicted octanol–water partition coefficient (Wildman–Crippen LogP) is 3.19. The standard InChI is InChI=1S/C15H16N2O3S/c1-3-20-14(19)8-13-9-21-15(17-13)16-12-6-4-11(5-7-12)10(2)18/h4-7,9H,3,8H2,1-2H3,(H,16,17). The maximum absolute atomic E-state index is 11.4. The molecule has 0 saturated heterocycles. The topological polar surface area (TPSA) is 68.3 Å². The van der Waals surface area contributed by atoms with Gasteiger partial charge in [-0.2, -0.15) is 0 Å². The van der Waals surface area contributed by atoms with Crippen molar-refractivity contribution >= 4 is 33.9 Å². The van der Waals surface area contributed by atoms with Crippen molar-refractivity contribution in [3.8, 4) is 0 Å². The van der Waals surface area contributed by atoms with E-state index in [1.807, 2.05) is 17.5 Å². The van der Waals surface area contributed by atoms with Crippen LogP contribution >= 0.6 is 11.3 Å². The van der Waals surface area contributed by atoms with Crippen LogP contribution in [0.5, 0.6) is 0 Å². The van der Waals surface area contributed by atoms with Crippen molar-refractivity contribution in [1.29, 1.82) is 0 Å². The van der Waals surface area contributed by atoms with E-state index in [2.05, 4.69) is 10.3 Å². The lowest BCUT2D eigenvalue weighted by Gasteiger charge is -2.03. The summed E-state index contributed by atoms with van der Waals surface area (Å²) >= 11 is 1.42. The molecule has 0 unspecified atom stereocenters. The molecular weight excluding hydrogens is 288 g/mol. The van der Waals surface area contributed by atoms with E-state index >= 15 is 0 Å². The number of esters is 1. The number of ether oxygens (including phenoxy) is 1. The molecule has 0 aliphatic heterocycles. The van der Waals surface area contributed by atoms with Crippen LogP contribution in [0.25, 0.3) is 0 Å². The highest BCUT2D eigenvalue weighted by molar-refractivity contribution is 7.13. The van der Waals surface area contributed by atoms with E-state index in [-0.39, 0.29) is 18.2 Å². The molecule has 0 bridgehead atoms. The number of carbonyl (C=O) groups is 2. The highest BCUT2D eigenvalue weighted by atomic mass is 32.1. The number of rotatable bonds is 6. The highest BCUT2D eigenvalue weighted by Crippen LogP contribution is 2.21. The first-order valence-corrected chi connectivity index (χ1v) is 7.44. The Bertz CT molecular complexity index is 635. The largest absolute Gasteiger partial charge is 0.466 e. The van der Waals surface area contributed by atoms with Gasteiger partial charge in [-0.15, -0.1) is 11.3 Å². The van der Waals surface area contributed by atoms with Crippen molar-refractivity contribution in [3.63, 3.8) is 0 Å². The van der Waals surface area contributed by atoms with Gasteiger partial charge in [0, 0.05) is 16.6 Å². The van der Waals surface area contributed by atoms with Gasteiger partial charge in [0.05, 0.1) is 18.7 Å². The molecule has 0 fully saturated rings. The zero-order valence-corrected chi connectivity index (χ0v) is 12.7. The molecule has 1 heterocycles. The van der Waals surface area contributed by atoms with Crippen LogP contribution in [0.15, 0.2) is 29.6 Å². The Hall–Kier alpha value is -2.21. The Balaban J connectivity index is 1.98. The summed E-state index contributed by atoms with van der Waals surface area (Å²) in [7, 11) is 0. The van der Waals surface area contributed by atoms with Gasteiger partial charge in [-0.1, -0.05) is 0 Å². The third-order valence-electron chi connectivity index (χ3n) is 2.73. The Labute approximate surface area is 127 Å². The SMILES string of the molecule is CCOC(=O)Cc1csc(Nc2ccc(C(C)=O)cc2)n1. The van der Waals surface area contributed by atoms with E-state index in [0.717, 1.165) is 5.69 Å². The molecule has 1 N–H and O–H groups in total. The van der Waals surface area contributed by atoms with Crippen molar-refractivity contribution in [3.05, 3.63) is 40.9 Å². The molecule has 6 heteroatoms. The molecule has 0 radical (unpaired) electrons. The molecule has 5 nitrogen and oxygen atoms in total. The normalized spacial score (nSPS) is 10.2. The minimum atomic E-state index is -0.278. The highest BCUT2D eigenvalue weighted by Gasteiger charge is 2.08. The Morgan fingerprint density at radius 2 is 2.00 bits per heavy atom. The summed E-state index contributed by atoms with van der Waals surface area (Å²) in [6, 6.07) is 7.17. The van der Waals surface area contributed by atoms with E-state index < -0.39 is 0 Å². The van der Waals surface area contributed by atoms with E-state index in [1.165, 1.54) is 18.3 Å². The number of carbonyl (C=O) groups excluding carboxylic acids is 2. The van der Waals surface area contributed by atoms with Crippen molar-refractivity contribution in [2.75, 3.05) is 11.9 Å². The molecule has 2 aromatic rings. The van der Waals surface area contributed by atoms with Crippen molar-refractivity contribution < 1.29 is 14.3 Å². The fraction of sp³-hybridized carbons (Fsp3) is 0.267. The molecule has 0 amide bonds. The van der Waals surface area contributed by atoms with Crippen LogP contribution in [-0.2, 0) is 16.0 Å². The number of hydrogen-bond acceptors (Lipinski definition) is 6. The molecule has 0 aliphatic carbocycles. The van der Waals surface area contributed by atoms with Crippen LogP contribution < -0.4 is 5.32 Å². The fourth-order valence-corrected chi connectivity index (χ4v) is 2.45. The van der Waals surface area contributed by atoms with Gasteiger partial charge in [-0.25, -0.2) is 4.98 Å². The minimum Gasteiger partial charge on any atom is -0.466 e. The molecule has 21 heavy (non-hydrogen) atoms. The molecule has 110 valence electrons. The number of aromatic nitrogens is 1. The van der Waals surface area contributed by atoms with E-state index in [0.29, 0.717) is 23.0 Å². The number of nitrogens with one attached hydrogen (secondary N) is 1. The number of thiazole rings is 1. The van der Waals surface area contributed by atoms with Crippen molar-refractivity contribution in [2.24, 2.45) is 0 Å². The average Bonchev–Trinajstić information content (AvgIpc) is 2.86. The summed E-state index contributed by atoms with van der Waals surface area (Å²) in [6.45, 7) is 3.68. The van der Waals surface area contributed by atoms with Crippen molar-refractivity contribution in [1.82, 2.24) is 4.98 Å². The van der Waals surface area contributed by atoms with Gasteiger partial charge in [0.2, 0.25) is 0 Å². The van der Waals surface area contributed by atoms with Gasteiger partial charge in [-0.05, 0) is 38.1 Å². The molecule has 0 saturated carbocycles. The first-order valence-electron chi connectivity index (χ1n) is 6.56. The third-order valence-corrected chi connectivity index (χ3v) is 3.53. The first kappa shape index (κ1) is 15.2. The van der Waals surface area contributed by atoms with Crippen LogP contribution in [-0.4, -0.2) is 23.3 Å². The Morgan fingerprint density at radius 1 is 1.29 bits per heavy atom. The first-order chi connectivity index (χ1) is 10.1. The summed E-state index contributed by atoms with van der Waals surface area (Å²) in [4.78, 5) is 26.9. The molecular formula is C15H16N2O3S. The number of hydrogen-bond donors (Lipinski definition) is 1. The Kier molecular flexibility index (Phi) is 5.05. The van der Waals surface area contributed by atoms with E-state index in [1.54, 1.807) is 19.1 Å². The number of anilines is 2. The van der Waals surface area contributed by atoms with Crippen LogP contribution in [0.1, 0.15) is 29.9 Å². The predicted molar refractivity (Wildman–Crippen MR) is 82.2 cm³/mol. The second-order valence-electron chi connectivity index (χ2n) is 4.38. The summed E-state index contributed by atoms with van der Waals surface area (Å²) < 4.78 is 4.88. The lowest BCUT2D eigenvalue weighted by atomic mass is 10.1. The quantitative estimate of drug-likeness (QED) is 0.655. The van der Waals surface area contributed by atoms with Gasteiger partial charge in [0.25, 0.3) is 0 Å². The zero-order chi connectivity index (χ0) is 15.2. The lowest BCUT2D eigenvalue weighted by Crippen LogP contribution is -2.07. The van der Waals surface area contributed by atoms with E-state index in [4.69, 9.17) is 4.74 Å². The van der Waals surface area contributed by atoms with Crippen LogP contribution in [0.4, 0.5) is 10.8 Å². The summed E-state index contributed by atoms with van der Waals surface area (Å²) in [5.74, 6) is -0.243. The van der Waals surface area contributed by atoms with Gasteiger partial charge >= 0.3 is 5.97 Å². The summed E-state index contributed by atoms with van der Waals surface area (Å²) in [5, 5.41) is 5.66. The minimum absolute atomic E-state index is 0.0347. The van der Waals surface area contributed by atoms with Crippen LogP contribution in [0.2, 0.25) is 0 Å². The average molecular weight is 304 g/mol. The van der Waals surface area contributed by atoms with Crippen molar-refractivity contribution in [2.45, 2.75) is 20.3 Å². The molecule has 1 aromatic heterocycles. The number of nitrogens with zero attached hydrogens (tertiary/aromatic N) is 1. The number of ketones is 1. The molecule has 2 rings (SSSR count). The zero-order valence-electron chi connectivity index (χ0n) is 11.9. The van der Waals surface area contributed by atoms with Gasteiger partial charge in [-0.3, -0.25) is 9.59 Å². The fourth-order valence-electron chi connectivity index (χ4n) is 1.72. The summed E-state index contributed by atoms with van der Waals surface area (Å²) in [6.07, 6.45) is 0.176. The van der Waals surface area contributed by atoms with E-state index in [9.17, 15) is 9.59 Å². The lowest BCUT2D eigenvalue weighted by molar-refractivity contribution is -0.142. The number of Topliss-reactive ketones (excluding diaryl/α,β-unsaturated/α-hetero) is 1. The van der Waals surface area contributed by atoms with Gasteiger partial charge < -0.3 is 10.1 Å². The second kappa shape index (κ2) is 6.99. The number of benzene rings is 1. The van der Waals surface area contributed by atoms with Crippen LogP contribution in [0, 0.1) is 0 Å².